The summed E-state index contributed by atoms with van der Waals surface area (Å²) >= 11 is 0. The summed E-state index contributed by atoms with van der Waals surface area (Å²) in [4.78, 5) is 0. The quantitative estimate of drug-likeness (QED) is 0.606. The van der Waals surface area contributed by atoms with Crippen molar-refractivity contribution < 1.29 is 0 Å². The molecule has 15 heavy (non-hydrogen) atoms. The van der Waals surface area contributed by atoms with Crippen LogP contribution in [0.15, 0.2) is 60.6 Å². The van der Waals surface area contributed by atoms with Crippen molar-refractivity contribution in [2.24, 2.45) is 0 Å². The van der Waals surface area contributed by atoms with Gasteiger partial charge in [-0.2, -0.15) is 0 Å². The molecule has 0 aromatic heterocycles. The Bertz CT molecular complexity index is 564. The highest BCUT2D eigenvalue weighted by molar-refractivity contribution is 6.67. The first-order chi connectivity index (χ1) is 7.43. The first-order valence-electron chi connectivity index (χ1n) is 5.28. The molecular formula is C14H11B. The average Bonchev–Trinajstić information content (AvgIpc) is 2.82. The van der Waals surface area contributed by atoms with E-state index in [9.17, 15) is 0 Å². The second-order valence-corrected chi connectivity index (χ2v) is 3.89. The SMILES string of the molecule is B1C=CC=C1c1ccc2ccccc2c1. The van der Waals surface area contributed by atoms with Gasteiger partial charge in [0.15, 0.2) is 7.28 Å². The van der Waals surface area contributed by atoms with Gasteiger partial charge in [0.05, 0.1) is 0 Å². The molecule has 0 spiro atoms. The average molecular weight is 190 g/mol. The van der Waals surface area contributed by atoms with Crippen molar-refractivity contribution in [3.8, 4) is 0 Å². The largest absolute Gasteiger partial charge is 0.183 e. The van der Waals surface area contributed by atoms with Crippen LogP contribution >= 0.6 is 0 Å². The van der Waals surface area contributed by atoms with Crippen LogP contribution in [0.4, 0.5) is 0 Å². The lowest BCUT2D eigenvalue weighted by Crippen LogP contribution is -1.88. The smallest absolute Gasteiger partial charge is 0.114 e. The zero-order valence-electron chi connectivity index (χ0n) is 8.48. The fourth-order valence-electron chi connectivity index (χ4n) is 2.05. The van der Waals surface area contributed by atoms with Gasteiger partial charge in [-0.05, 0) is 22.4 Å². The fraction of sp³-hybridized carbons (Fsp3) is 0. The highest BCUT2D eigenvalue weighted by Gasteiger charge is 2.04. The minimum absolute atomic E-state index is 1.07. The zero-order chi connectivity index (χ0) is 10.1. The van der Waals surface area contributed by atoms with Gasteiger partial charge < -0.3 is 0 Å². The molecule has 2 aromatic carbocycles. The standard InChI is InChI=1S/C14H11B/c1-2-5-12-10-13(8-7-11(12)4-1)14-6-3-9-15-14/h1-10,15H. The molecule has 1 heteroatoms. The zero-order valence-corrected chi connectivity index (χ0v) is 8.48. The molecule has 0 unspecified atom stereocenters. The second kappa shape index (κ2) is 3.43. The summed E-state index contributed by atoms with van der Waals surface area (Å²) in [7, 11) is 1.07. The predicted octanol–water partition coefficient (Wildman–Crippen LogP) is 3.14. The molecule has 1 heterocycles. The minimum Gasteiger partial charge on any atom is -0.114 e. The van der Waals surface area contributed by atoms with E-state index in [4.69, 9.17) is 0 Å². The number of hydrogen-bond donors (Lipinski definition) is 0. The maximum atomic E-state index is 2.27. The minimum atomic E-state index is 1.07. The van der Waals surface area contributed by atoms with Crippen LogP contribution in [-0.2, 0) is 0 Å². The number of benzene rings is 2. The van der Waals surface area contributed by atoms with Crippen LogP contribution in [0.2, 0.25) is 0 Å². The molecule has 0 radical (unpaired) electrons. The van der Waals surface area contributed by atoms with Gasteiger partial charge in [0, 0.05) is 0 Å². The van der Waals surface area contributed by atoms with Gasteiger partial charge in [-0.3, -0.25) is 0 Å². The first-order valence-corrected chi connectivity index (χ1v) is 5.28. The summed E-state index contributed by atoms with van der Waals surface area (Å²) in [5.74, 6) is 2.20. The van der Waals surface area contributed by atoms with E-state index in [1.165, 1.54) is 21.8 Å². The van der Waals surface area contributed by atoms with Crippen LogP contribution in [0.3, 0.4) is 0 Å². The summed E-state index contributed by atoms with van der Waals surface area (Å²) in [6.45, 7) is 0. The van der Waals surface area contributed by atoms with Crippen LogP contribution in [0.5, 0.6) is 0 Å². The third-order valence-electron chi connectivity index (χ3n) is 2.89. The van der Waals surface area contributed by atoms with Gasteiger partial charge in [-0.1, -0.05) is 54.0 Å². The molecule has 0 saturated heterocycles. The molecule has 0 amide bonds. The van der Waals surface area contributed by atoms with Crippen molar-refractivity contribution in [3.05, 3.63) is 66.2 Å². The second-order valence-electron chi connectivity index (χ2n) is 3.89. The molecule has 0 atom stereocenters. The maximum Gasteiger partial charge on any atom is 0.183 e. The summed E-state index contributed by atoms with van der Waals surface area (Å²) in [6, 6.07) is 15.2. The van der Waals surface area contributed by atoms with Crippen LogP contribution < -0.4 is 0 Å². The molecule has 0 N–H and O–H groups in total. The van der Waals surface area contributed by atoms with Crippen LogP contribution in [-0.4, -0.2) is 7.28 Å². The Hall–Kier alpha value is -1.76. The van der Waals surface area contributed by atoms with Gasteiger partial charge in [-0.25, -0.2) is 0 Å². The highest BCUT2D eigenvalue weighted by Crippen LogP contribution is 2.22. The van der Waals surface area contributed by atoms with Crippen molar-refractivity contribution in [2.45, 2.75) is 0 Å². The topological polar surface area (TPSA) is 0 Å². The first kappa shape index (κ1) is 8.54. The summed E-state index contributed by atoms with van der Waals surface area (Å²) in [5.41, 5.74) is 2.76. The molecule has 0 bridgehead atoms. The molecule has 2 aromatic rings. The van der Waals surface area contributed by atoms with Crippen molar-refractivity contribution in [3.63, 3.8) is 0 Å². The maximum absolute atomic E-state index is 2.27. The Kier molecular flexibility index (Phi) is 1.95. The molecule has 0 saturated carbocycles. The molecular weight excluding hydrogens is 179 g/mol. The van der Waals surface area contributed by atoms with Crippen LogP contribution in [0.1, 0.15) is 5.56 Å². The number of fused-ring (bicyclic) bond motifs is 1. The normalized spacial score (nSPS) is 14.0. The van der Waals surface area contributed by atoms with E-state index in [0.29, 0.717) is 0 Å². The van der Waals surface area contributed by atoms with Gasteiger partial charge in [0.2, 0.25) is 0 Å². The lowest BCUT2D eigenvalue weighted by Gasteiger charge is -2.03. The van der Waals surface area contributed by atoms with Crippen molar-refractivity contribution in [1.82, 2.24) is 0 Å². The number of hydrogen-bond acceptors (Lipinski definition) is 0. The van der Waals surface area contributed by atoms with Crippen molar-refractivity contribution >= 4 is 23.5 Å². The highest BCUT2D eigenvalue weighted by atomic mass is 14.0. The summed E-state index contributed by atoms with van der Waals surface area (Å²) < 4.78 is 0. The summed E-state index contributed by atoms with van der Waals surface area (Å²) in [5, 5.41) is 2.63. The van der Waals surface area contributed by atoms with Crippen LogP contribution in [0.25, 0.3) is 16.2 Å². The van der Waals surface area contributed by atoms with Gasteiger partial charge >= 0.3 is 0 Å². The van der Waals surface area contributed by atoms with Crippen molar-refractivity contribution in [1.29, 1.82) is 0 Å². The fourth-order valence-corrected chi connectivity index (χ4v) is 2.05. The van der Waals surface area contributed by atoms with E-state index >= 15 is 0 Å². The Balaban J connectivity index is 2.14. The Morgan fingerprint density at radius 2 is 1.73 bits per heavy atom. The molecule has 0 nitrogen and oxygen atoms in total. The Labute approximate surface area is 90.2 Å². The number of rotatable bonds is 1. The van der Waals surface area contributed by atoms with Gasteiger partial charge in [-0.15, -0.1) is 5.98 Å². The van der Waals surface area contributed by atoms with E-state index in [1.54, 1.807) is 0 Å². The molecule has 1 aliphatic heterocycles. The lowest BCUT2D eigenvalue weighted by atomic mass is 9.70. The third-order valence-corrected chi connectivity index (χ3v) is 2.89. The molecule has 0 fully saturated rings. The number of allylic oxidation sites excluding steroid dienone is 2. The summed E-state index contributed by atoms with van der Waals surface area (Å²) in [6.07, 6.45) is 4.33. The molecule has 0 aliphatic carbocycles. The predicted molar refractivity (Wildman–Crippen MR) is 68.2 cm³/mol. The van der Waals surface area contributed by atoms with Gasteiger partial charge in [0.1, 0.15) is 0 Å². The Morgan fingerprint density at radius 3 is 2.53 bits per heavy atom. The van der Waals surface area contributed by atoms with E-state index in [2.05, 4.69) is 60.6 Å². The molecule has 70 valence electrons. The van der Waals surface area contributed by atoms with E-state index in [1.807, 2.05) is 0 Å². The van der Waals surface area contributed by atoms with Crippen LogP contribution in [0, 0.1) is 0 Å². The Morgan fingerprint density at radius 1 is 0.867 bits per heavy atom. The van der Waals surface area contributed by atoms with E-state index in [-0.39, 0.29) is 0 Å². The van der Waals surface area contributed by atoms with Gasteiger partial charge in [0.25, 0.3) is 0 Å². The lowest BCUT2D eigenvalue weighted by molar-refractivity contribution is 1.70. The molecule has 3 rings (SSSR count). The third kappa shape index (κ3) is 1.50. The van der Waals surface area contributed by atoms with E-state index < -0.39 is 0 Å². The van der Waals surface area contributed by atoms with E-state index in [0.717, 1.165) is 7.28 Å². The molecule has 1 aliphatic rings. The van der Waals surface area contributed by atoms with Crippen molar-refractivity contribution in [2.75, 3.05) is 0 Å². The monoisotopic (exact) mass is 190 g/mol.